The molecular formula is C9H13N3. The number of benzene rings is 1. The Hall–Kier alpha value is -1.22. The number of hydrogen-bond donors (Lipinski definition) is 3. The molecule has 1 fully saturated rings. The van der Waals surface area contributed by atoms with Crippen LogP contribution in [-0.4, -0.2) is 6.04 Å². The standard InChI is InChI=1S/C9H11N3.H2/c10-5-1-2-8-6(3-5)7-4-9(7)12-11-8;/h1-3,7,9,11-12H,4,10H2;1H. The van der Waals surface area contributed by atoms with Gasteiger partial charge in [0.1, 0.15) is 0 Å². The predicted molar refractivity (Wildman–Crippen MR) is 50.9 cm³/mol. The van der Waals surface area contributed by atoms with E-state index in [1.807, 2.05) is 12.1 Å². The molecule has 0 bridgehead atoms. The van der Waals surface area contributed by atoms with Crippen molar-refractivity contribution in [1.29, 1.82) is 0 Å². The molecule has 1 saturated carbocycles. The number of nitrogen functional groups attached to an aromatic ring is 1. The molecule has 4 N–H and O–H groups in total. The van der Waals surface area contributed by atoms with Crippen LogP contribution in [0.1, 0.15) is 19.3 Å². The van der Waals surface area contributed by atoms with Crippen molar-refractivity contribution in [1.82, 2.24) is 5.43 Å². The van der Waals surface area contributed by atoms with Gasteiger partial charge < -0.3 is 11.2 Å². The van der Waals surface area contributed by atoms with Gasteiger partial charge in [0.05, 0.1) is 5.69 Å². The molecule has 1 aliphatic carbocycles. The van der Waals surface area contributed by atoms with Crippen LogP contribution < -0.4 is 16.6 Å². The van der Waals surface area contributed by atoms with Crippen LogP contribution in [0.5, 0.6) is 0 Å². The second-order valence-corrected chi connectivity index (χ2v) is 3.56. The molecule has 3 nitrogen and oxygen atoms in total. The van der Waals surface area contributed by atoms with Crippen molar-refractivity contribution in [2.24, 2.45) is 0 Å². The summed E-state index contributed by atoms with van der Waals surface area (Å²) in [5.41, 5.74) is 15.6. The fourth-order valence-corrected chi connectivity index (χ4v) is 1.87. The fourth-order valence-electron chi connectivity index (χ4n) is 1.87. The van der Waals surface area contributed by atoms with E-state index in [2.05, 4.69) is 16.9 Å². The van der Waals surface area contributed by atoms with Crippen LogP contribution in [0.15, 0.2) is 18.2 Å². The van der Waals surface area contributed by atoms with E-state index in [9.17, 15) is 0 Å². The molecule has 0 spiro atoms. The van der Waals surface area contributed by atoms with E-state index in [1.54, 1.807) is 0 Å². The molecule has 1 aromatic carbocycles. The minimum Gasteiger partial charge on any atom is -0.399 e. The van der Waals surface area contributed by atoms with Gasteiger partial charge >= 0.3 is 0 Å². The molecule has 1 aromatic rings. The highest BCUT2D eigenvalue weighted by molar-refractivity contribution is 5.62. The van der Waals surface area contributed by atoms with Crippen molar-refractivity contribution >= 4 is 11.4 Å². The first kappa shape index (κ1) is 6.31. The molecule has 2 aliphatic rings. The Kier molecular flexibility index (Phi) is 1.01. The van der Waals surface area contributed by atoms with Gasteiger partial charge in [0.15, 0.2) is 0 Å². The molecule has 0 radical (unpaired) electrons. The number of anilines is 2. The lowest BCUT2D eigenvalue weighted by Gasteiger charge is -2.18. The third-order valence-electron chi connectivity index (χ3n) is 2.66. The van der Waals surface area contributed by atoms with Crippen molar-refractivity contribution in [3.63, 3.8) is 0 Å². The first-order valence-corrected chi connectivity index (χ1v) is 4.25. The van der Waals surface area contributed by atoms with Crippen LogP contribution in [0.2, 0.25) is 0 Å². The third-order valence-corrected chi connectivity index (χ3v) is 2.66. The van der Waals surface area contributed by atoms with E-state index in [0.29, 0.717) is 12.0 Å². The van der Waals surface area contributed by atoms with Crippen molar-refractivity contribution in [3.8, 4) is 0 Å². The summed E-state index contributed by atoms with van der Waals surface area (Å²) in [6, 6.07) is 6.68. The summed E-state index contributed by atoms with van der Waals surface area (Å²) >= 11 is 0. The van der Waals surface area contributed by atoms with Gasteiger partial charge in [-0.2, -0.15) is 0 Å². The smallest absolute Gasteiger partial charge is 0.0524 e. The number of fused-ring (bicyclic) bond motifs is 3. The van der Waals surface area contributed by atoms with Gasteiger partial charge in [-0.3, -0.25) is 0 Å². The fraction of sp³-hybridized carbons (Fsp3) is 0.333. The lowest BCUT2D eigenvalue weighted by Crippen LogP contribution is -2.29. The first-order chi connectivity index (χ1) is 5.84. The highest BCUT2D eigenvalue weighted by Crippen LogP contribution is 2.46. The van der Waals surface area contributed by atoms with Crippen molar-refractivity contribution in [2.75, 3.05) is 11.2 Å². The molecule has 64 valence electrons. The predicted octanol–water partition coefficient (Wildman–Crippen LogP) is 1.30. The monoisotopic (exact) mass is 163 g/mol. The normalized spacial score (nSPS) is 30.0. The SMILES string of the molecule is Nc1ccc2c(c1)C1CC1NN2.[HH]. The van der Waals surface area contributed by atoms with Crippen molar-refractivity contribution in [2.45, 2.75) is 18.4 Å². The molecular weight excluding hydrogens is 150 g/mol. The van der Waals surface area contributed by atoms with Gasteiger partial charge in [-0.05, 0) is 30.2 Å². The number of hydrazine groups is 1. The van der Waals surface area contributed by atoms with Crippen LogP contribution in [-0.2, 0) is 0 Å². The summed E-state index contributed by atoms with van der Waals surface area (Å²) in [5, 5.41) is 0. The van der Waals surface area contributed by atoms with Gasteiger partial charge in [0.25, 0.3) is 0 Å². The Morgan fingerprint density at radius 1 is 1.50 bits per heavy atom. The molecule has 0 amide bonds. The Morgan fingerprint density at radius 2 is 2.42 bits per heavy atom. The molecule has 2 atom stereocenters. The first-order valence-electron chi connectivity index (χ1n) is 4.25. The number of nitrogens with two attached hydrogens (primary N) is 1. The number of hydrogen-bond acceptors (Lipinski definition) is 3. The zero-order valence-electron chi connectivity index (χ0n) is 6.67. The van der Waals surface area contributed by atoms with E-state index in [4.69, 9.17) is 5.73 Å². The number of rotatable bonds is 0. The molecule has 0 saturated heterocycles. The average molecular weight is 163 g/mol. The highest BCUT2D eigenvalue weighted by Gasteiger charge is 2.42. The minimum absolute atomic E-state index is 0. The van der Waals surface area contributed by atoms with Crippen LogP contribution in [0.25, 0.3) is 0 Å². The summed E-state index contributed by atoms with van der Waals surface area (Å²) in [7, 11) is 0. The van der Waals surface area contributed by atoms with Crippen LogP contribution >= 0.6 is 0 Å². The summed E-state index contributed by atoms with van der Waals surface area (Å²) in [6.45, 7) is 0. The summed E-state index contributed by atoms with van der Waals surface area (Å²) in [5.74, 6) is 0.699. The van der Waals surface area contributed by atoms with Crippen LogP contribution in [0.3, 0.4) is 0 Å². The molecule has 3 heteroatoms. The van der Waals surface area contributed by atoms with E-state index in [-0.39, 0.29) is 1.43 Å². The van der Waals surface area contributed by atoms with Gasteiger partial charge in [-0.1, -0.05) is 0 Å². The third kappa shape index (κ3) is 0.741. The van der Waals surface area contributed by atoms with E-state index < -0.39 is 0 Å². The van der Waals surface area contributed by atoms with Gasteiger partial charge in [-0.15, -0.1) is 0 Å². The van der Waals surface area contributed by atoms with Gasteiger partial charge in [0.2, 0.25) is 0 Å². The Morgan fingerprint density at radius 3 is 3.33 bits per heavy atom. The van der Waals surface area contributed by atoms with Crippen LogP contribution in [0.4, 0.5) is 11.4 Å². The summed E-state index contributed by atoms with van der Waals surface area (Å²) in [6.07, 6.45) is 1.24. The van der Waals surface area contributed by atoms with Gasteiger partial charge in [0, 0.05) is 19.1 Å². The number of nitrogens with one attached hydrogen (secondary N) is 2. The van der Waals surface area contributed by atoms with Crippen molar-refractivity contribution < 1.29 is 1.43 Å². The Balaban J connectivity index is 0.000000653. The van der Waals surface area contributed by atoms with Gasteiger partial charge in [-0.25, -0.2) is 5.43 Å². The second-order valence-electron chi connectivity index (χ2n) is 3.56. The maximum Gasteiger partial charge on any atom is 0.0524 e. The second kappa shape index (κ2) is 1.93. The molecule has 1 aliphatic heterocycles. The quantitative estimate of drug-likeness (QED) is 0.505. The van der Waals surface area contributed by atoms with E-state index in [1.165, 1.54) is 17.7 Å². The molecule has 0 aromatic heterocycles. The summed E-state index contributed by atoms with van der Waals surface area (Å²) < 4.78 is 0. The van der Waals surface area contributed by atoms with Crippen LogP contribution in [0, 0.1) is 0 Å². The zero-order chi connectivity index (χ0) is 8.13. The largest absolute Gasteiger partial charge is 0.399 e. The molecule has 2 unspecified atom stereocenters. The van der Waals surface area contributed by atoms with E-state index >= 15 is 0 Å². The minimum atomic E-state index is 0. The Bertz CT molecular complexity index is 340. The maximum absolute atomic E-state index is 5.71. The Labute approximate surface area is 72.4 Å². The zero-order valence-corrected chi connectivity index (χ0v) is 6.67. The molecule has 12 heavy (non-hydrogen) atoms. The molecule has 3 rings (SSSR count). The lowest BCUT2D eigenvalue weighted by atomic mass is 10.1. The topological polar surface area (TPSA) is 50.1 Å². The lowest BCUT2D eigenvalue weighted by molar-refractivity contribution is 0.745. The average Bonchev–Trinajstić information content (AvgIpc) is 2.82. The maximum atomic E-state index is 5.71. The molecule has 1 heterocycles. The van der Waals surface area contributed by atoms with E-state index in [0.717, 1.165) is 5.69 Å². The van der Waals surface area contributed by atoms with Crippen molar-refractivity contribution in [3.05, 3.63) is 23.8 Å². The summed E-state index contributed by atoms with van der Waals surface area (Å²) in [4.78, 5) is 0. The highest BCUT2D eigenvalue weighted by atomic mass is 15.4.